The van der Waals surface area contributed by atoms with Gasteiger partial charge < -0.3 is 4.89 Å². The standard InChI is InChI=1S/C7H17O2P/c1-7(2)5-4-6-10(3,8)9/h7H,4-6H2,1-3H3,(H,8,9). The lowest BCUT2D eigenvalue weighted by molar-refractivity contribution is 0.477. The molecule has 10 heavy (non-hydrogen) atoms. The van der Waals surface area contributed by atoms with Crippen LogP contribution in [0.25, 0.3) is 0 Å². The Bertz CT molecular complexity index is 126. The van der Waals surface area contributed by atoms with Crippen molar-refractivity contribution in [3.8, 4) is 0 Å². The molecule has 0 bridgehead atoms. The van der Waals surface area contributed by atoms with Gasteiger partial charge in [-0.2, -0.15) is 0 Å². The summed E-state index contributed by atoms with van der Waals surface area (Å²) in [6.07, 6.45) is 2.41. The fraction of sp³-hybridized carbons (Fsp3) is 1.00. The Labute approximate surface area is 63.1 Å². The van der Waals surface area contributed by atoms with E-state index in [1.165, 1.54) is 6.66 Å². The zero-order valence-electron chi connectivity index (χ0n) is 7.00. The Morgan fingerprint density at radius 3 is 2.30 bits per heavy atom. The first-order valence-corrected chi connectivity index (χ1v) is 6.00. The smallest absolute Gasteiger partial charge is 0.197 e. The van der Waals surface area contributed by atoms with Crippen molar-refractivity contribution < 1.29 is 9.46 Å². The Morgan fingerprint density at radius 2 is 2.00 bits per heavy atom. The van der Waals surface area contributed by atoms with Gasteiger partial charge in [0.1, 0.15) is 0 Å². The van der Waals surface area contributed by atoms with Gasteiger partial charge in [-0.25, -0.2) is 0 Å². The van der Waals surface area contributed by atoms with Crippen LogP contribution in [0, 0.1) is 5.92 Å². The van der Waals surface area contributed by atoms with Gasteiger partial charge in [-0.3, -0.25) is 4.57 Å². The summed E-state index contributed by atoms with van der Waals surface area (Å²) in [7, 11) is -2.72. The van der Waals surface area contributed by atoms with Crippen LogP contribution in [0.3, 0.4) is 0 Å². The molecular formula is C7H17O2P. The second-order valence-corrected chi connectivity index (χ2v) is 5.86. The molecule has 0 aliphatic rings. The molecule has 0 aliphatic carbocycles. The molecule has 0 saturated heterocycles. The molecule has 0 radical (unpaired) electrons. The maximum Gasteiger partial charge on any atom is 0.197 e. The van der Waals surface area contributed by atoms with Crippen molar-refractivity contribution in [1.82, 2.24) is 0 Å². The van der Waals surface area contributed by atoms with Crippen LogP contribution in [0.5, 0.6) is 0 Å². The summed E-state index contributed by atoms with van der Waals surface area (Å²) in [5.74, 6) is 0.645. The molecule has 1 unspecified atom stereocenters. The first-order valence-electron chi connectivity index (χ1n) is 3.71. The van der Waals surface area contributed by atoms with Crippen molar-refractivity contribution >= 4 is 7.37 Å². The monoisotopic (exact) mass is 164 g/mol. The summed E-state index contributed by atoms with van der Waals surface area (Å²) in [6.45, 7) is 5.67. The number of hydrogen-bond acceptors (Lipinski definition) is 1. The lowest BCUT2D eigenvalue weighted by Gasteiger charge is -2.06. The third kappa shape index (κ3) is 8.19. The van der Waals surface area contributed by atoms with E-state index in [1.807, 2.05) is 0 Å². The molecule has 0 fully saturated rings. The van der Waals surface area contributed by atoms with Crippen LogP contribution in [0.1, 0.15) is 26.7 Å². The van der Waals surface area contributed by atoms with Crippen molar-refractivity contribution in [1.29, 1.82) is 0 Å². The highest BCUT2D eigenvalue weighted by Gasteiger charge is 2.08. The van der Waals surface area contributed by atoms with Gasteiger partial charge in [0.2, 0.25) is 0 Å². The maximum atomic E-state index is 10.8. The van der Waals surface area contributed by atoms with Gasteiger partial charge in [-0.05, 0) is 12.3 Å². The Kier molecular flexibility index (Phi) is 4.23. The van der Waals surface area contributed by atoms with Crippen molar-refractivity contribution in [2.45, 2.75) is 26.7 Å². The van der Waals surface area contributed by atoms with Crippen LogP contribution in [0.2, 0.25) is 0 Å². The molecule has 1 N–H and O–H groups in total. The van der Waals surface area contributed by atoms with Crippen molar-refractivity contribution in [3.05, 3.63) is 0 Å². The minimum Gasteiger partial charge on any atom is -0.344 e. The SMILES string of the molecule is CC(C)CCCP(C)(=O)O. The minimum absolute atomic E-state index is 0.477. The molecule has 0 aromatic carbocycles. The molecule has 3 heteroatoms. The van der Waals surface area contributed by atoms with E-state index in [0.29, 0.717) is 12.1 Å². The molecule has 2 nitrogen and oxygen atoms in total. The van der Waals surface area contributed by atoms with E-state index in [0.717, 1.165) is 12.8 Å². The summed E-state index contributed by atoms with van der Waals surface area (Å²) >= 11 is 0. The summed E-state index contributed by atoms with van der Waals surface area (Å²) in [4.78, 5) is 8.89. The van der Waals surface area contributed by atoms with Gasteiger partial charge in [0.25, 0.3) is 0 Å². The highest BCUT2D eigenvalue weighted by molar-refractivity contribution is 7.57. The first kappa shape index (κ1) is 10.2. The third-order valence-corrected chi connectivity index (χ3v) is 2.50. The van der Waals surface area contributed by atoms with Gasteiger partial charge >= 0.3 is 0 Å². The Hall–Kier alpha value is 0.190. The van der Waals surface area contributed by atoms with E-state index in [4.69, 9.17) is 4.89 Å². The fourth-order valence-electron chi connectivity index (χ4n) is 0.793. The maximum absolute atomic E-state index is 10.8. The second-order valence-electron chi connectivity index (χ2n) is 3.31. The minimum atomic E-state index is -2.72. The molecule has 0 amide bonds. The van der Waals surface area contributed by atoms with Gasteiger partial charge in [0.05, 0.1) is 0 Å². The van der Waals surface area contributed by atoms with Crippen LogP contribution in [0.4, 0.5) is 0 Å². The third-order valence-electron chi connectivity index (χ3n) is 1.35. The second kappa shape index (κ2) is 4.15. The molecule has 0 rings (SSSR count). The quantitative estimate of drug-likeness (QED) is 0.647. The van der Waals surface area contributed by atoms with E-state index in [1.54, 1.807) is 0 Å². The molecule has 0 saturated carbocycles. The molecule has 1 atom stereocenters. The molecular weight excluding hydrogens is 147 g/mol. The van der Waals surface area contributed by atoms with Gasteiger partial charge in [0, 0.05) is 12.8 Å². The van der Waals surface area contributed by atoms with E-state index in [2.05, 4.69) is 13.8 Å². The van der Waals surface area contributed by atoms with Crippen molar-refractivity contribution in [2.24, 2.45) is 5.92 Å². The molecule has 0 aromatic rings. The van der Waals surface area contributed by atoms with Crippen LogP contribution >= 0.6 is 7.37 Å². The highest BCUT2D eigenvalue weighted by Crippen LogP contribution is 2.36. The average molecular weight is 164 g/mol. The van der Waals surface area contributed by atoms with E-state index >= 15 is 0 Å². The van der Waals surface area contributed by atoms with Gasteiger partial charge in [-0.1, -0.05) is 20.3 Å². The highest BCUT2D eigenvalue weighted by atomic mass is 31.2. The lowest BCUT2D eigenvalue weighted by Crippen LogP contribution is -1.91. The molecule has 0 aliphatic heterocycles. The van der Waals surface area contributed by atoms with E-state index in [-0.39, 0.29) is 0 Å². The van der Waals surface area contributed by atoms with Gasteiger partial charge in [-0.15, -0.1) is 0 Å². The van der Waals surface area contributed by atoms with E-state index in [9.17, 15) is 4.57 Å². The number of hydrogen-bond donors (Lipinski definition) is 1. The average Bonchev–Trinajstić information content (AvgIpc) is 1.59. The first-order chi connectivity index (χ1) is 4.42. The predicted octanol–water partition coefficient (Wildman–Crippen LogP) is 2.32. The van der Waals surface area contributed by atoms with Gasteiger partial charge in [0.15, 0.2) is 7.37 Å². The van der Waals surface area contributed by atoms with Crippen LogP contribution in [0.15, 0.2) is 0 Å². The largest absolute Gasteiger partial charge is 0.344 e. The normalized spacial score (nSPS) is 17.3. The van der Waals surface area contributed by atoms with Crippen LogP contribution in [-0.2, 0) is 4.57 Å². The molecule has 0 spiro atoms. The summed E-state index contributed by atoms with van der Waals surface area (Å²) in [6, 6.07) is 0. The van der Waals surface area contributed by atoms with Crippen LogP contribution < -0.4 is 0 Å². The Morgan fingerprint density at radius 1 is 1.50 bits per heavy atom. The summed E-state index contributed by atoms with van der Waals surface area (Å²) in [5, 5.41) is 0. The fourth-order valence-corrected chi connectivity index (χ4v) is 1.56. The summed E-state index contributed by atoms with van der Waals surface area (Å²) in [5.41, 5.74) is 0. The Balaban J connectivity index is 3.30. The van der Waals surface area contributed by atoms with E-state index < -0.39 is 7.37 Å². The van der Waals surface area contributed by atoms with Crippen LogP contribution in [-0.4, -0.2) is 17.7 Å². The zero-order valence-corrected chi connectivity index (χ0v) is 7.90. The lowest BCUT2D eigenvalue weighted by atomic mass is 10.1. The number of rotatable bonds is 4. The predicted molar refractivity (Wildman–Crippen MR) is 44.7 cm³/mol. The van der Waals surface area contributed by atoms with Crippen molar-refractivity contribution in [3.63, 3.8) is 0 Å². The zero-order chi connectivity index (χ0) is 8.20. The molecule has 0 aromatic heterocycles. The molecule has 0 heterocycles. The summed E-state index contributed by atoms with van der Waals surface area (Å²) < 4.78 is 10.8. The molecule has 62 valence electrons. The van der Waals surface area contributed by atoms with Crippen molar-refractivity contribution in [2.75, 3.05) is 12.8 Å². The topological polar surface area (TPSA) is 37.3 Å².